The van der Waals surface area contributed by atoms with Crippen LogP contribution in [-0.4, -0.2) is 33.9 Å². The van der Waals surface area contributed by atoms with E-state index in [0.717, 1.165) is 25.6 Å². The van der Waals surface area contributed by atoms with Crippen LogP contribution in [-0.2, 0) is 6.54 Å². The summed E-state index contributed by atoms with van der Waals surface area (Å²) in [5.74, 6) is -1.80. The van der Waals surface area contributed by atoms with Gasteiger partial charge < -0.3 is 10.6 Å². The summed E-state index contributed by atoms with van der Waals surface area (Å²) in [5, 5.41) is 11.5. The number of anilines is 1. The Labute approximate surface area is 155 Å². The van der Waals surface area contributed by atoms with Crippen LogP contribution in [0.5, 0.6) is 0 Å². The Kier molecular flexibility index (Phi) is 4.11. The summed E-state index contributed by atoms with van der Waals surface area (Å²) in [6, 6.07) is 2.66. The second kappa shape index (κ2) is 6.51. The van der Waals surface area contributed by atoms with Crippen molar-refractivity contribution >= 4 is 5.95 Å². The van der Waals surface area contributed by atoms with Crippen molar-refractivity contribution < 1.29 is 13.2 Å². The Morgan fingerprint density at radius 3 is 2.59 bits per heavy atom. The maximum absolute atomic E-state index is 14.3. The first-order valence-electron chi connectivity index (χ1n) is 9.67. The first kappa shape index (κ1) is 17.0. The summed E-state index contributed by atoms with van der Waals surface area (Å²) < 4.78 is 43.1. The predicted octanol–water partition coefficient (Wildman–Crippen LogP) is 3.03. The lowest BCUT2D eigenvalue weighted by molar-refractivity contribution is 0.341. The molecule has 0 radical (unpaired) electrons. The molecule has 144 valence electrons. The summed E-state index contributed by atoms with van der Waals surface area (Å²) in [6.07, 6.45) is 3.83. The smallest absolute Gasteiger partial charge is 0.242 e. The van der Waals surface area contributed by atoms with Gasteiger partial charge in [-0.15, -0.1) is 5.10 Å². The van der Waals surface area contributed by atoms with E-state index in [9.17, 15) is 13.2 Å². The van der Waals surface area contributed by atoms with Gasteiger partial charge in [0.25, 0.3) is 0 Å². The Morgan fingerprint density at radius 2 is 1.81 bits per heavy atom. The summed E-state index contributed by atoms with van der Waals surface area (Å²) in [7, 11) is 0. The molecule has 1 saturated carbocycles. The fourth-order valence-electron chi connectivity index (χ4n) is 4.99. The number of benzene rings is 1. The number of piperidine rings is 1. The standard InChI is InChI=1S/C19H22F3N5/c20-14-6-5-12(15(21)16(14)22)13-2-1-7-27-18(13)25-19(26-27)24-17-10-3-4-11(17)9-23-8-10/h5-6,10-11,13,17,23H,1-4,7-9H2,(H,24,26). The Morgan fingerprint density at radius 1 is 1.04 bits per heavy atom. The van der Waals surface area contributed by atoms with Crippen molar-refractivity contribution in [3.05, 3.63) is 41.0 Å². The molecule has 3 heterocycles. The number of nitrogens with one attached hydrogen (secondary N) is 2. The molecule has 3 unspecified atom stereocenters. The zero-order valence-corrected chi connectivity index (χ0v) is 14.9. The van der Waals surface area contributed by atoms with Crippen molar-refractivity contribution in [2.75, 3.05) is 18.4 Å². The van der Waals surface area contributed by atoms with Crippen LogP contribution in [0.1, 0.15) is 43.0 Å². The van der Waals surface area contributed by atoms with Crippen LogP contribution < -0.4 is 10.6 Å². The molecule has 0 spiro atoms. The second-order valence-electron chi connectivity index (χ2n) is 7.90. The molecule has 1 saturated heterocycles. The van der Waals surface area contributed by atoms with E-state index in [-0.39, 0.29) is 5.56 Å². The Hall–Kier alpha value is -2.09. The minimum Gasteiger partial charge on any atom is -0.350 e. The molecule has 3 aliphatic rings. The van der Waals surface area contributed by atoms with Crippen molar-refractivity contribution in [1.29, 1.82) is 0 Å². The molecule has 2 N–H and O–H groups in total. The van der Waals surface area contributed by atoms with Gasteiger partial charge in [0, 0.05) is 24.1 Å². The van der Waals surface area contributed by atoms with Crippen LogP contribution in [0.2, 0.25) is 0 Å². The number of aryl methyl sites for hydroxylation is 1. The summed E-state index contributed by atoms with van der Waals surface area (Å²) in [4.78, 5) is 4.63. The molecule has 5 rings (SSSR count). The number of hydrogen-bond donors (Lipinski definition) is 2. The molecular weight excluding hydrogens is 355 g/mol. The summed E-state index contributed by atoms with van der Waals surface area (Å²) in [5.41, 5.74) is 0.149. The highest BCUT2D eigenvalue weighted by atomic mass is 19.2. The molecule has 3 atom stereocenters. The van der Waals surface area contributed by atoms with Gasteiger partial charge in [-0.1, -0.05) is 6.07 Å². The van der Waals surface area contributed by atoms with Crippen molar-refractivity contribution in [3.8, 4) is 0 Å². The maximum atomic E-state index is 14.3. The first-order chi connectivity index (χ1) is 13.1. The molecule has 2 bridgehead atoms. The molecule has 5 nitrogen and oxygen atoms in total. The van der Waals surface area contributed by atoms with E-state index in [1.54, 1.807) is 4.68 Å². The monoisotopic (exact) mass is 377 g/mol. The number of aromatic nitrogens is 3. The van der Waals surface area contributed by atoms with Gasteiger partial charge in [0.15, 0.2) is 17.5 Å². The highest BCUT2D eigenvalue weighted by Gasteiger charge is 2.40. The fraction of sp³-hybridized carbons (Fsp3) is 0.579. The quantitative estimate of drug-likeness (QED) is 0.808. The number of halogens is 3. The lowest BCUT2D eigenvalue weighted by Gasteiger charge is -2.31. The van der Waals surface area contributed by atoms with E-state index in [1.165, 1.54) is 18.9 Å². The van der Waals surface area contributed by atoms with E-state index in [0.29, 0.717) is 42.6 Å². The zero-order valence-electron chi connectivity index (χ0n) is 14.9. The van der Waals surface area contributed by atoms with Crippen molar-refractivity contribution in [1.82, 2.24) is 20.1 Å². The van der Waals surface area contributed by atoms with Crippen molar-refractivity contribution in [2.45, 2.75) is 44.2 Å². The van der Waals surface area contributed by atoms with Gasteiger partial charge in [-0.05, 0) is 56.7 Å². The van der Waals surface area contributed by atoms with Gasteiger partial charge >= 0.3 is 0 Å². The lowest BCUT2D eigenvalue weighted by atomic mass is 9.90. The molecule has 1 aromatic carbocycles. The summed E-state index contributed by atoms with van der Waals surface area (Å²) >= 11 is 0. The molecule has 2 aliphatic heterocycles. The Balaban J connectivity index is 1.44. The largest absolute Gasteiger partial charge is 0.350 e. The number of rotatable bonds is 3. The predicted molar refractivity (Wildman–Crippen MR) is 93.9 cm³/mol. The SMILES string of the molecule is Fc1ccc(C2CCCn3nc(NC4C5CCC4CNC5)nc32)c(F)c1F. The lowest BCUT2D eigenvalue weighted by Crippen LogP contribution is -2.45. The Bertz CT molecular complexity index is 851. The van der Waals surface area contributed by atoms with Gasteiger partial charge in [-0.2, -0.15) is 4.98 Å². The van der Waals surface area contributed by atoms with Crippen molar-refractivity contribution in [2.24, 2.45) is 11.8 Å². The third-order valence-electron chi connectivity index (χ3n) is 6.35. The third-order valence-corrected chi connectivity index (χ3v) is 6.35. The van der Waals surface area contributed by atoms with E-state index >= 15 is 0 Å². The first-order valence-corrected chi connectivity index (χ1v) is 9.67. The molecule has 1 aromatic heterocycles. The molecule has 2 aromatic rings. The average molecular weight is 377 g/mol. The molecule has 8 heteroatoms. The van der Waals surface area contributed by atoms with Crippen LogP contribution in [0.25, 0.3) is 0 Å². The third kappa shape index (κ3) is 2.81. The normalized spacial score (nSPS) is 29.6. The van der Waals surface area contributed by atoms with E-state index in [1.807, 2.05) is 0 Å². The number of nitrogens with zero attached hydrogens (tertiary/aromatic N) is 3. The molecular formula is C19H22F3N5. The average Bonchev–Trinajstić information content (AvgIpc) is 3.16. The van der Waals surface area contributed by atoms with Crippen LogP contribution in [0.3, 0.4) is 0 Å². The van der Waals surface area contributed by atoms with Crippen LogP contribution in [0.4, 0.5) is 19.1 Å². The molecule has 27 heavy (non-hydrogen) atoms. The van der Waals surface area contributed by atoms with E-state index in [4.69, 9.17) is 0 Å². The highest BCUT2D eigenvalue weighted by Crippen LogP contribution is 2.37. The summed E-state index contributed by atoms with van der Waals surface area (Å²) in [6.45, 7) is 2.71. The van der Waals surface area contributed by atoms with Gasteiger partial charge in [0.2, 0.25) is 5.95 Å². The molecule has 2 fully saturated rings. The molecule has 0 amide bonds. The highest BCUT2D eigenvalue weighted by molar-refractivity contribution is 5.34. The van der Waals surface area contributed by atoms with Crippen LogP contribution in [0, 0.1) is 29.3 Å². The van der Waals surface area contributed by atoms with Gasteiger partial charge in [0.1, 0.15) is 5.82 Å². The van der Waals surface area contributed by atoms with E-state index in [2.05, 4.69) is 20.7 Å². The van der Waals surface area contributed by atoms with E-state index < -0.39 is 23.4 Å². The fourth-order valence-corrected chi connectivity index (χ4v) is 4.99. The number of hydrogen-bond acceptors (Lipinski definition) is 4. The minimum absolute atomic E-state index is 0.149. The maximum Gasteiger partial charge on any atom is 0.242 e. The zero-order chi connectivity index (χ0) is 18.5. The van der Waals surface area contributed by atoms with Gasteiger partial charge in [0.05, 0.1) is 0 Å². The van der Waals surface area contributed by atoms with Crippen LogP contribution >= 0.6 is 0 Å². The van der Waals surface area contributed by atoms with Crippen LogP contribution in [0.15, 0.2) is 12.1 Å². The van der Waals surface area contributed by atoms with Crippen molar-refractivity contribution in [3.63, 3.8) is 0 Å². The molecule has 1 aliphatic carbocycles. The minimum atomic E-state index is -1.42. The van der Waals surface area contributed by atoms with Gasteiger partial charge in [-0.3, -0.25) is 0 Å². The second-order valence-corrected chi connectivity index (χ2v) is 7.90. The number of fused-ring (bicyclic) bond motifs is 3. The topological polar surface area (TPSA) is 54.8 Å². The van der Waals surface area contributed by atoms with Gasteiger partial charge in [-0.25, -0.2) is 17.9 Å².